The normalized spacial score (nSPS) is 9.87. The van der Waals surface area contributed by atoms with E-state index < -0.39 is 11.8 Å². The molecule has 0 radical (unpaired) electrons. The zero-order valence-corrected chi connectivity index (χ0v) is 14.7. The summed E-state index contributed by atoms with van der Waals surface area (Å²) in [7, 11) is 3.00. The number of carbonyl (C=O) groups is 2. The van der Waals surface area contributed by atoms with Gasteiger partial charge in [0, 0.05) is 14.7 Å². The predicted octanol–water partition coefficient (Wildman–Crippen LogP) is 2.38. The first kappa shape index (κ1) is 17.1. The molecule has 0 aromatic heterocycles. The largest absolute Gasteiger partial charge is 0.493 e. The minimum atomic E-state index is -0.454. The summed E-state index contributed by atoms with van der Waals surface area (Å²) in [6.07, 6.45) is 0. The molecule has 0 bridgehead atoms. The van der Waals surface area contributed by atoms with Crippen LogP contribution in [0.1, 0.15) is 20.7 Å². The van der Waals surface area contributed by atoms with Gasteiger partial charge in [-0.25, -0.2) is 0 Å². The quantitative estimate of drug-likeness (QED) is 0.582. The topological polar surface area (TPSA) is 76.7 Å². The van der Waals surface area contributed by atoms with Crippen LogP contribution in [0.3, 0.4) is 0 Å². The summed E-state index contributed by atoms with van der Waals surface area (Å²) in [5, 5.41) is 0. The first-order chi connectivity index (χ1) is 11.0. The van der Waals surface area contributed by atoms with Crippen LogP contribution in [0.25, 0.3) is 0 Å². The molecular formula is C16H15IN2O4. The second-order valence-electron chi connectivity index (χ2n) is 4.48. The van der Waals surface area contributed by atoms with Crippen molar-refractivity contribution in [1.29, 1.82) is 0 Å². The Morgan fingerprint density at radius 2 is 1.35 bits per heavy atom. The minimum absolute atomic E-state index is 0.338. The van der Waals surface area contributed by atoms with Crippen LogP contribution in [-0.4, -0.2) is 26.0 Å². The summed E-state index contributed by atoms with van der Waals surface area (Å²) in [5.74, 6) is 0.108. The zero-order chi connectivity index (χ0) is 16.8. The molecular weight excluding hydrogens is 411 g/mol. The molecule has 0 heterocycles. The van der Waals surface area contributed by atoms with Crippen molar-refractivity contribution >= 4 is 34.4 Å². The number of ether oxygens (including phenoxy) is 2. The fourth-order valence-corrected chi connectivity index (χ4v) is 2.20. The minimum Gasteiger partial charge on any atom is -0.493 e. The van der Waals surface area contributed by atoms with Gasteiger partial charge in [0.15, 0.2) is 11.5 Å². The molecule has 0 atom stereocenters. The van der Waals surface area contributed by atoms with Crippen LogP contribution in [0.5, 0.6) is 11.5 Å². The Morgan fingerprint density at radius 1 is 0.826 bits per heavy atom. The number of benzene rings is 2. The van der Waals surface area contributed by atoms with Crippen molar-refractivity contribution in [2.75, 3.05) is 14.2 Å². The molecule has 0 unspecified atom stereocenters. The van der Waals surface area contributed by atoms with Gasteiger partial charge in [0.25, 0.3) is 11.8 Å². The zero-order valence-electron chi connectivity index (χ0n) is 12.6. The molecule has 6 nitrogen and oxygen atoms in total. The van der Waals surface area contributed by atoms with E-state index in [4.69, 9.17) is 9.47 Å². The molecule has 2 N–H and O–H groups in total. The third kappa shape index (κ3) is 4.35. The number of hydrogen-bond acceptors (Lipinski definition) is 4. The Kier molecular flexibility index (Phi) is 5.80. The number of hydrazine groups is 1. The van der Waals surface area contributed by atoms with Gasteiger partial charge in [0.2, 0.25) is 0 Å². The van der Waals surface area contributed by atoms with Gasteiger partial charge in [-0.05, 0) is 65.1 Å². The molecule has 0 saturated heterocycles. The van der Waals surface area contributed by atoms with Gasteiger partial charge in [-0.2, -0.15) is 0 Å². The van der Waals surface area contributed by atoms with Crippen LogP contribution < -0.4 is 20.3 Å². The summed E-state index contributed by atoms with van der Waals surface area (Å²) in [5.41, 5.74) is 5.53. The molecule has 120 valence electrons. The fourth-order valence-electron chi connectivity index (χ4n) is 1.84. The molecule has 0 spiro atoms. The summed E-state index contributed by atoms with van der Waals surface area (Å²) in [4.78, 5) is 24.0. The lowest BCUT2D eigenvalue weighted by Crippen LogP contribution is -2.41. The van der Waals surface area contributed by atoms with E-state index in [-0.39, 0.29) is 0 Å². The monoisotopic (exact) mass is 426 g/mol. The SMILES string of the molecule is COc1ccc(C(=O)NNC(=O)c2ccc(I)cc2)cc1OC. The van der Waals surface area contributed by atoms with Crippen LogP contribution in [-0.2, 0) is 0 Å². The van der Waals surface area contributed by atoms with E-state index in [0.717, 1.165) is 3.57 Å². The maximum atomic E-state index is 12.1. The molecule has 0 aliphatic rings. The predicted molar refractivity (Wildman–Crippen MR) is 93.6 cm³/mol. The maximum absolute atomic E-state index is 12.1. The lowest BCUT2D eigenvalue weighted by molar-refractivity contribution is 0.0846. The van der Waals surface area contributed by atoms with Crippen molar-refractivity contribution in [3.8, 4) is 11.5 Å². The Balaban J connectivity index is 2.02. The van der Waals surface area contributed by atoms with Crippen molar-refractivity contribution in [1.82, 2.24) is 10.9 Å². The third-order valence-corrected chi connectivity index (χ3v) is 3.76. The summed E-state index contributed by atoms with van der Waals surface area (Å²) in [6, 6.07) is 11.7. The molecule has 7 heteroatoms. The second kappa shape index (κ2) is 7.82. The number of amides is 2. The fraction of sp³-hybridized carbons (Fsp3) is 0.125. The van der Waals surface area contributed by atoms with Gasteiger partial charge >= 0.3 is 0 Å². The highest BCUT2D eigenvalue weighted by Gasteiger charge is 2.12. The van der Waals surface area contributed by atoms with E-state index in [1.54, 1.807) is 24.3 Å². The summed E-state index contributed by atoms with van der Waals surface area (Å²) < 4.78 is 11.3. The summed E-state index contributed by atoms with van der Waals surface area (Å²) in [6.45, 7) is 0. The lowest BCUT2D eigenvalue weighted by atomic mass is 10.2. The number of methoxy groups -OCH3 is 2. The number of rotatable bonds is 4. The van der Waals surface area contributed by atoms with Gasteiger partial charge in [-0.3, -0.25) is 20.4 Å². The average molecular weight is 426 g/mol. The van der Waals surface area contributed by atoms with Gasteiger partial charge < -0.3 is 9.47 Å². The molecule has 0 saturated carbocycles. The maximum Gasteiger partial charge on any atom is 0.269 e. The van der Waals surface area contributed by atoms with Gasteiger partial charge in [-0.15, -0.1) is 0 Å². The van der Waals surface area contributed by atoms with Crippen LogP contribution in [0.2, 0.25) is 0 Å². The van der Waals surface area contributed by atoms with Crippen molar-refractivity contribution in [2.45, 2.75) is 0 Å². The van der Waals surface area contributed by atoms with E-state index in [9.17, 15) is 9.59 Å². The second-order valence-corrected chi connectivity index (χ2v) is 5.73. The van der Waals surface area contributed by atoms with Crippen LogP contribution >= 0.6 is 22.6 Å². The number of carbonyl (C=O) groups excluding carboxylic acids is 2. The standard InChI is InChI=1S/C16H15IN2O4/c1-22-13-8-5-11(9-14(13)23-2)16(21)19-18-15(20)10-3-6-12(17)7-4-10/h3-9H,1-2H3,(H,18,20)(H,19,21). The number of halogens is 1. The Morgan fingerprint density at radius 3 is 1.91 bits per heavy atom. The van der Waals surface area contributed by atoms with Crippen molar-refractivity contribution in [3.63, 3.8) is 0 Å². The van der Waals surface area contributed by atoms with Crippen molar-refractivity contribution in [2.24, 2.45) is 0 Å². The highest BCUT2D eigenvalue weighted by molar-refractivity contribution is 14.1. The molecule has 0 fully saturated rings. The molecule has 2 aromatic rings. The molecule has 23 heavy (non-hydrogen) atoms. The Bertz CT molecular complexity index is 717. The first-order valence-electron chi connectivity index (χ1n) is 6.63. The molecule has 0 aliphatic carbocycles. The van der Waals surface area contributed by atoms with Crippen molar-refractivity contribution < 1.29 is 19.1 Å². The number of hydrogen-bond donors (Lipinski definition) is 2. The molecule has 2 aromatic carbocycles. The van der Waals surface area contributed by atoms with E-state index in [2.05, 4.69) is 33.4 Å². The lowest BCUT2D eigenvalue weighted by Gasteiger charge is -2.10. The first-order valence-corrected chi connectivity index (χ1v) is 7.71. The highest BCUT2D eigenvalue weighted by atomic mass is 127. The third-order valence-electron chi connectivity index (χ3n) is 3.04. The van der Waals surface area contributed by atoms with Gasteiger partial charge in [-0.1, -0.05) is 0 Å². The molecule has 2 amide bonds. The van der Waals surface area contributed by atoms with Gasteiger partial charge in [0.1, 0.15) is 0 Å². The van der Waals surface area contributed by atoms with Crippen molar-refractivity contribution in [3.05, 3.63) is 57.2 Å². The highest BCUT2D eigenvalue weighted by Crippen LogP contribution is 2.27. The average Bonchev–Trinajstić information content (AvgIpc) is 2.59. The molecule has 0 aliphatic heterocycles. The summed E-state index contributed by atoms with van der Waals surface area (Å²) >= 11 is 2.15. The Labute approximate surface area is 147 Å². The molecule has 2 rings (SSSR count). The van der Waals surface area contributed by atoms with E-state index >= 15 is 0 Å². The smallest absolute Gasteiger partial charge is 0.269 e. The van der Waals surface area contributed by atoms with Crippen LogP contribution in [0.15, 0.2) is 42.5 Å². The Hall–Kier alpha value is -2.29. The van der Waals surface area contributed by atoms with E-state index in [0.29, 0.717) is 22.6 Å². The van der Waals surface area contributed by atoms with Crippen LogP contribution in [0.4, 0.5) is 0 Å². The van der Waals surface area contributed by atoms with E-state index in [1.165, 1.54) is 20.3 Å². The van der Waals surface area contributed by atoms with Gasteiger partial charge in [0.05, 0.1) is 14.2 Å². The van der Waals surface area contributed by atoms with Crippen LogP contribution in [0, 0.1) is 3.57 Å². The number of nitrogens with one attached hydrogen (secondary N) is 2. The van der Waals surface area contributed by atoms with E-state index in [1.807, 2.05) is 12.1 Å².